The predicted octanol–water partition coefficient (Wildman–Crippen LogP) is 2.75. The first-order valence-electron chi connectivity index (χ1n) is 8.89. The maximum Gasteiger partial charge on any atom is 0.265 e. The maximum atomic E-state index is 13.7. The quantitative estimate of drug-likeness (QED) is 0.851. The molecule has 2 aliphatic rings. The standard InChI is InChI=1S/C20H19FN2O4S/c1-27-17-7-3-2-5-13(17)12-22-20(24)19-16-6-4-10-23(16)15-9-8-14(21)11-18(15)28(19,25)26/h2-3,5,7-9,11H,4,6,10,12H2,1H3,(H,22,24). The summed E-state index contributed by atoms with van der Waals surface area (Å²) in [6.07, 6.45) is 1.21. The fraction of sp³-hybridized carbons (Fsp3) is 0.250. The van der Waals surface area contributed by atoms with Crippen LogP contribution in [0.3, 0.4) is 0 Å². The van der Waals surface area contributed by atoms with Crippen molar-refractivity contribution in [1.82, 2.24) is 5.32 Å². The summed E-state index contributed by atoms with van der Waals surface area (Å²) in [5, 5.41) is 2.68. The Bertz CT molecular complexity index is 1100. The summed E-state index contributed by atoms with van der Waals surface area (Å²) in [4.78, 5) is 14.3. The molecule has 146 valence electrons. The molecule has 1 amide bonds. The van der Waals surface area contributed by atoms with E-state index in [1.54, 1.807) is 23.1 Å². The number of halogens is 1. The zero-order chi connectivity index (χ0) is 19.9. The van der Waals surface area contributed by atoms with Crippen LogP contribution in [0.2, 0.25) is 0 Å². The van der Waals surface area contributed by atoms with E-state index in [1.807, 2.05) is 6.07 Å². The molecule has 1 N–H and O–H groups in total. The number of methoxy groups -OCH3 is 1. The van der Waals surface area contributed by atoms with Crippen LogP contribution in [-0.4, -0.2) is 28.0 Å². The molecule has 0 radical (unpaired) electrons. The number of sulfone groups is 1. The second-order valence-corrected chi connectivity index (χ2v) is 8.50. The van der Waals surface area contributed by atoms with Crippen molar-refractivity contribution in [2.45, 2.75) is 24.3 Å². The van der Waals surface area contributed by atoms with Gasteiger partial charge in [-0.05, 0) is 37.1 Å². The van der Waals surface area contributed by atoms with Gasteiger partial charge in [0.2, 0.25) is 9.84 Å². The molecule has 6 nitrogen and oxygen atoms in total. The van der Waals surface area contributed by atoms with E-state index in [4.69, 9.17) is 4.74 Å². The van der Waals surface area contributed by atoms with Crippen molar-refractivity contribution in [3.05, 3.63) is 64.4 Å². The number of carbonyl (C=O) groups excluding carboxylic acids is 1. The largest absolute Gasteiger partial charge is 0.496 e. The molecule has 2 aromatic carbocycles. The molecular weight excluding hydrogens is 383 g/mol. The molecule has 0 bridgehead atoms. The lowest BCUT2D eigenvalue weighted by atomic mass is 10.2. The van der Waals surface area contributed by atoms with Crippen molar-refractivity contribution in [3.8, 4) is 5.75 Å². The maximum absolute atomic E-state index is 13.7. The van der Waals surface area contributed by atoms with Crippen LogP contribution in [0.5, 0.6) is 5.75 Å². The number of nitrogens with zero attached hydrogens (tertiary/aromatic N) is 1. The molecule has 0 saturated carbocycles. The average Bonchev–Trinajstić information content (AvgIpc) is 3.15. The van der Waals surface area contributed by atoms with Crippen LogP contribution >= 0.6 is 0 Å². The smallest absolute Gasteiger partial charge is 0.265 e. The zero-order valence-electron chi connectivity index (χ0n) is 15.2. The van der Waals surface area contributed by atoms with Crippen molar-refractivity contribution in [3.63, 3.8) is 0 Å². The number of anilines is 1. The van der Waals surface area contributed by atoms with Crippen molar-refractivity contribution in [2.24, 2.45) is 0 Å². The first kappa shape index (κ1) is 18.5. The fourth-order valence-electron chi connectivity index (χ4n) is 3.73. The molecule has 0 unspecified atom stereocenters. The number of carbonyl (C=O) groups is 1. The SMILES string of the molecule is COc1ccccc1CNC(=O)C1=C2CCCN2c2ccc(F)cc2S1(=O)=O. The first-order chi connectivity index (χ1) is 13.4. The molecular formula is C20H19FN2O4S. The number of hydrogen-bond donors (Lipinski definition) is 1. The summed E-state index contributed by atoms with van der Waals surface area (Å²) in [5.41, 5.74) is 1.62. The molecule has 0 spiro atoms. The minimum absolute atomic E-state index is 0.116. The minimum atomic E-state index is -4.12. The number of hydrogen-bond acceptors (Lipinski definition) is 5. The average molecular weight is 402 g/mol. The van der Waals surface area contributed by atoms with Gasteiger partial charge in [0, 0.05) is 24.4 Å². The van der Waals surface area contributed by atoms with Crippen LogP contribution in [0.4, 0.5) is 10.1 Å². The summed E-state index contributed by atoms with van der Waals surface area (Å²) >= 11 is 0. The Balaban J connectivity index is 1.71. The van der Waals surface area contributed by atoms with E-state index in [0.29, 0.717) is 30.1 Å². The second kappa shape index (κ2) is 6.94. The number of benzene rings is 2. The van der Waals surface area contributed by atoms with Gasteiger partial charge in [-0.15, -0.1) is 0 Å². The predicted molar refractivity (Wildman–Crippen MR) is 102 cm³/mol. The minimum Gasteiger partial charge on any atom is -0.496 e. The molecule has 2 heterocycles. The number of rotatable bonds is 4. The molecule has 2 aromatic rings. The Kier molecular flexibility index (Phi) is 4.58. The van der Waals surface area contributed by atoms with Gasteiger partial charge < -0.3 is 15.0 Å². The van der Waals surface area contributed by atoms with Gasteiger partial charge >= 0.3 is 0 Å². The van der Waals surface area contributed by atoms with Crippen LogP contribution < -0.4 is 15.0 Å². The zero-order valence-corrected chi connectivity index (χ0v) is 16.1. The number of ether oxygens (including phenoxy) is 1. The number of allylic oxidation sites excluding steroid dienone is 1. The lowest BCUT2D eigenvalue weighted by Gasteiger charge is -2.30. The van der Waals surface area contributed by atoms with Gasteiger partial charge in [0.05, 0.1) is 17.7 Å². The summed E-state index contributed by atoms with van der Waals surface area (Å²) in [5.74, 6) is -0.747. The van der Waals surface area contributed by atoms with Crippen LogP contribution in [0, 0.1) is 5.82 Å². The van der Waals surface area contributed by atoms with Crippen LogP contribution in [0.15, 0.2) is 58.0 Å². The van der Waals surface area contributed by atoms with E-state index in [-0.39, 0.29) is 16.3 Å². The molecule has 1 saturated heterocycles. The molecule has 28 heavy (non-hydrogen) atoms. The molecule has 4 rings (SSSR count). The van der Waals surface area contributed by atoms with Crippen LogP contribution in [0.1, 0.15) is 18.4 Å². The highest BCUT2D eigenvalue weighted by atomic mass is 32.2. The molecule has 0 aliphatic carbocycles. The summed E-state index contributed by atoms with van der Waals surface area (Å²) < 4.78 is 45.3. The highest BCUT2D eigenvalue weighted by molar-refractivity contribution is 7.96. The Morgan fingerprint density at radius 1 is 1.25 bits per heavy atom. The summed E-state index contributed by atoms with van der Waals surface area (Å²) in [6.45, 7) is 0.706. The van der Waals surface area contributed by atoms with Gasteiger partial charge in [-0.2, -0.15) is 0 Å². The number of fused-ring (bicyclic) bond motifs is 3. The van der Waals surface area contributed by atoms with E-state index < -0.39 is 21.6 Å². The van der Waals surface area contributed by atoms with Gasteiger partial charge in [-0.3, -0.25) is 4.79 Å². The Labute approximate surface area is 162 Å². The highest BCUT2D eigenvalue weighted by Gasteiger charge is 2.41. The lowest BCUT2D eigenvalue weighted by molar-refractivity contribution is -0.117. The monoisotopic (exact) mass is 402 g/mol. The molecule has 2 aliphatic heterocycles. The first-order valence-corrected chi connectivity index (χ1v) is 10.4. The third kappa shape index (κ3) is 2.93. The van der Waals surface area contributed by atoms with Gasteiger partial charge in [-0.1, -0.05) is 18.2 Å². The van der Waals surface area contributed by atoms with Gasteiger partial charge in [0.15, 0.2) is 4.91 Å². The van der Waals surface area contributed by atoms with Crippen molar-refractivity contribution >= 4 is 21.4 Å². The molecule has 1 fully saturated rings. The Morgan fingerprint density at radius 2 is 2.04 bits per heavy atom. The Morgan fingerprint density at radius 3 is 2.82 bits per heavy atom. The molecule has 0 aromatic heterocycles. The van der Waals surface area contributed by atoms with Gasteiger partial charge in [-0.25, -0.2) is 12.8 Å². The van der Waals surface area contributed by atoms with Crippen molar-refractivity contribution < 1.29 is 22.3 Å². The lowest BCUT2D eigenvalue weighted by Crippen LogP contribution is -2.35. The number of para-hydroxylation sites is 1. The normalized spacial score (nSPS) is 17.1. The van der Waals surface area contributed by atoms with Crippen LogP contribution in [-0.2, 0) is 21.2 Å². The third-order valence-electron chi connectivity index (χ3n) is 4.99. The van der Waals surface area contributed by atoms with Crippen molar-refractivity contribution in [2.75, 3.05) is 18.6 Å². The second-order valence-electron chi connectivity index (χ2n) is 6.64. The van der Waals surface area contributed by atoms with E-state index in [2.05, 4.69) is 5.32 Å². The van der Waals surface area contributed by atoms with E-state index in [0.717, 1.165) is 18.1 Å². The number of nitrogens with one attached hydrogen (secondary N) is 1. The van der Waals surface area contributed by atoms with Crippen molar-refractivity contribution in [1.29, 1.82) is 0 Å². The van der Waals surface area contributed by atoms with E-state index in [9.17, 15) is 17.6 Å². The fourth-order valence-corrected chi connectivity index (χ4v) is 5.51. The third-order valence-corrected chi connectivity index (χ3v) is 6.86. The summed E-state index contributed by atoms with van der Waals surface area (Å²) in [6, 6.07) is 10.8. The summed E-state index contributed by atoms with van der Waals surface area (Å²) in [7, 11) is -2.60. The van der Waals surface area contributed by atoms with Crippen LogP contribution in [0.25, 0.3) is 0 Å². The number of amides is 1. The van der Waals surface area contributed by atoms with Gasteiger partial charge in [0.25, 0.3) is 5.91 Å². The topological polar surface area (TPSA) is 75.7 Å². The molecule has 0 atom stereocenters. The molecule has 8 heteroatoms. The van der Waals surface area contributed by atoms with E-state index >= 15 is 0 Å². The van der Waals surface area contributed by atoms with E-state index in [1.165, 1.54) is 19.2 Å². The Hall–Kier alpha value is -2.87. The van der Waals surface area contributed by atoms with Gasteiger partial charge in [0.1, 0.15) is 11.6 Å². The highest BCUT2D eigenvalue weighted by Crippen LogP contribution is 2.43.